The van der Waals surface area contributed by atoms with E-state index in [0.29, 0.717) is 6.61 Å². The van der Waals surface area contributed by atoms with Crippen molar-refractivity contribution in [3.8, 4) is 11.5 Å². The standard InChI is InChI=1S/C17H25NO4.C2H2O4/c1-4-22-17(19)14-6-5-9-18(12-14)11-13-7-8-15(20-2)10-16(13)21-3;3-1(4)2(5)6/h7-8,10,14H,4-6,9,11-12H2,1-3H3;(H,3,4)(H,5,6). The van der Waals surface area contributed by atoms with Gasteiger partial charge in [-0.05, 0) is 32.4 Å². The zero-order chi connectivity index (χ0) is 21.1. The maximum atomic E-state index is 11.9. The van der Waals surface area contributed by atoms with Gasteiger partial charge in [0.15, 0.2) is 0 Å². The molecule has 0 spiro atoms. The zero-order valence-electron chi connectivity index (χ0n) is 16.3. The molecule has 0 bridgehead atoms. The number of aliphatic carboxylic acids is 2. The lowest BCUT2D eigenvalue weighted by atomic mass is 9.97. The molecule has 0 saturated carbocycles. The number of carbonyl (C=O) groups is 3. The molecule has 1 heterocycles. The number of rotatable bonds is 6. The van der Waals surface area contributed by atoms with Gasteiger partial charge in [-0.2, -0.15) is 0 Å². The molecule has 9 nitrogen and oxygen atoms in total. The number of benzene rings is 1. The van der Waals surface area contributed by atoms with Crippen LogP contribution in [0.3, 0.4) is 0 Å². The SMILES string of the molecule is CCOC(=O)C1CCCN(Cc2ccc(OC)cc2OC)C1.O=C(O)C(=O)O. The van der Waals surface area contributed by atoms with E-state index < -0.39 is 11.9 Å². The van der Waals surface area contributed by atoms with Crippen molar-refractivity contribution in [1.82, 2.24) is 4.90 Å². The van der Waals surface area contributed by atoms with E-state index in [2.05, 4.69) is 4.90 Å². The molecule has 9 heteroatoms. The molecule has 0 radical (unpaired) electrons. The van der Waals surface area contributed by atoms with Crippen molar-refractivity contribution in [3.05, 3.63) is 23.8 Å². The minimum Gasteiger partial charge on any atom is -0.497 e. The molecule has 2 rings (SSSR count). The van der Waals surface area contributed by atoms with Crippen LogP contribution in [-0.2, 0) is 25.7 Å². The first kappa shape index (κ1) is 23.2. The fourth-order valence-corrected chi connectivity index (χ4v) is 2.88. The molecule has 1 aliphatic rings. The summed E-state index contributed by atoms with van der Waals surface area (Å²) in [7, 11) is 3.30. The van der Waals surface area contributed by atoms with Crippen LogP contribution in [0.5, 0.6) is 11.5 Å². The number of carboxylic acid groups (broad SMARTS) is 2. The molecule has 1 fully saturated rings. The molecule has 0 aromatic heterocycles. The van der Waals surface area contributed by atoms with E-state index in [1.54, 1.807) is 14.2 Å². The van der Waals surface area contributed by atoms with Gasteiger partial charge < -0.3 is 24.4 Å². The van der Waals surface area contributed by atoms with Crippen molar-refractivity contribution < 1.29 is 38.8 Å². The van der Waals surface area contributed by atoms with E-state index in [9.17, 15) is 4.79 Å². The number of hydrogen-bond acceptors (Lipinski definition) is 7. The molecule has 156 valence electrons. The van der Waals surface area contributed by atoms with Crippen LogP contribution in [0.2, 0.25) is 0 Å². The fourth-order valence-electron chi connectivity index (χ4n) is 2.88. The maximum absolute atomic E-state index is 11.9. The molecular weight excluding hydrogens is 370 g/mol. The van der Waals surface area contributed by atoms with E-state index >= 15 is 0 Å². The largest absolute Gasteiger partial charge is 0.497 e. The van der Waals surface area contributed by atoms with Crippen molar-refractivity contribution in [2.24, 2.45) is 5.92 Å². The van der Waals surface area contributed by atoms with Gasteiger partial charge in [0, 0.05) is 24.7 Å². The Bertz CT molecular complexity index is 664. The molecule has 1 aromatic carbocycles. The summed E-state index contributed by atoms with van der Waals surface area (Å²) in [5.74, 6) is -2.14. The summed E-state index contributed by atoms with van der Waals surface area (Å²) in [6, 6.07) is 5.85. The first-order valence-corrected chi connectivity index (χ1v) is 8.88. The number of likely N-dealkylation sites (tertiary alicyclic amines) is 1. The van der Waals surface area contributed by atoms with E-state index in [4.69, 9.17) is 34.0 Å². The number of carboxylic acids is 2. The quantitative estimate of drug-likeness (QED) is 0.544. The first-order chi connectivity index (χ1) is 13.3. The summed E-state index contributed by atoms with van der Waals surface area (Å²) in [4.78, 5) is 32.4. The molecular formula is C19H27NO8. The molecule has 1 aromatic rings. The van der Waals surface area contributed by atoms with Crippen LogP contribution in [0.4, 0.5) is 0 Å². The van der Waals surface area contributed by atoms with Gasteiger partial charge in [-0.25, -0.2) is 9.59 Å². The van der Waals surface area contributed by atoms with E-state index in [-0.39, 0.29) is 11.9 Å². The van der Waals surface area contributed by atoms with Crippen LogP contribution in [0.15, 0.2) is 18.2 Å². The number of ether oxygens (including phenoxy) is 3. The average Bonchev–Trinajstić information content (AvgIpc) is 2.69. The van der Waals surface area contributed by atoms with Crippen LogP contribution >= 0.6 is 0 Å². The van der Waals surface area contributed by atoms with E-state index in [0.717, 1.165) is 49.5 Å². The normalized spacial score (nSPS) is 16.3. The summed E-state index contributed by atoms with van der Waals surface area (Å²) < 4.78 is 15.8. The number of esters is 1. The van der Waals surface area contributed by atoms with Crippen molar-refractivity contribution in [2.45, 2.75) is 26.3 Å². The molecule has 1 aliphatic heterocycles. The van der Waals surface area contributed by atoms with Gasteiger partial charge in [0.05, 0.1) is 26.7 Å². The average molecular weight is 397 g/mol. The van der Waals surface area contributed by atoms with Gasteiger partial charge in [-0.15, -0.1) is 0 Å². The Hall–Kier alpha value is -2.81. The summed E-state index contributed by atoms with van der Waals surface area (Å²) in [5.41, 5.74) is 1.10. The number of hydrogen-bond donors (Lipinski definition) is 2. The second-order valence-corrected chi connectivity index (χ2v) is 6.11. The lowest BCUT2D eigenvalue weighted by molar-refractivity contribution is -0.159. The Balaban J connectivity index is 0.000000568. The number of nitrogens with zero attached hydrogens (tertiary/aromatic N) is 1. The minimum absolute atomic E-state index is 0.0158. The van der Waals surface area contributed by atoms with Crippen molar-refractivity contribution in [2.75, 3.05) is 33.9 Å². The predicted octanol–water partition coefficient (Wildman–Crippen LogP) is 1.63. The highest BCUT2D eigenvalue weighted by atomic mass is 16.5. The molecule has 0 amide bonds. The molecule has 2 N–H and O–H groups in total. The van der Waals surface area contributed by atoms with Crippen LogP contribution in [0.1, 0.15) is 25.3 Å². The second kappa shape index (κ2) is 11.8. The van der Waals surface area contributed by atoms with Gasteiger partial charge >= 0.3 is 17.9 Å². The van der Waals surface area contributed by atoms with Gasteiger partial charge in [-0.3, -0.25) is 9.69 Å². The maximum Gasteiger partial charge on any atom is 0.414 e. The van der Waals surface area contributed by atoms with Crippen molar-refractivity contribution >= 4 is 17.9 Å². The Morgan fingerprint density at radius 1 is 1.14 bits per heavy atom. The Morgan fingerprint density at radius 3 is 2.36 bits per heavy atom. The summed E-state index contributed by atoms with van der Waals surface area (Å²) in [6.45, 7) is 4.80. The van der Waals surface area contributed by atoms with Crippen LogP contribution in [0, 0.1) is 5.92 Å². The second-order valence-electron chi connectivity index (χ2n) is 6.11. The van der Waals surface area contributed by atoms with Crippen LogP contribution in [-0.4, -0.2) is 66.9 Å². The Labute approximate surface area is 163 Å². The highest BCUT2D eigenvalue weighted by molar-refractivity contribution is 6.27. The molecule has 1 atom stereocenters. The van der Waals surface area contributed by atoms with Gasteiger partial charge in [-0.1, -0.05) is 6.07 Å². The van der Waals surface area contributed by atoms with E-state index in [1.165, 1.54) is 0 Å². The Kier molecular flexibility index (Phi) is 9.80. The third kappa shape index (κ3) is 7.43. The number of methoxy groups -OCH3 is 2. The van der Waals surface area contributed by atoms with E-state index in [1.807, 2.05) is 25.1 Å². The smallest absolute Gasteiger partial charge is 0.414 e. The number of piperidine rings is 1. The molecule has 0 aliphatic carbocycles. The van der Waals surface area contributed by atoms with Crippen molar-refractivity contribution in [3.63, 3.8) is 0 Å². The fraction of sp³-hybridized carbons (Fsp3) is 0.526. The lowest BCUT2D eigenvalue weighted by Crippen LogP contribution is -2.39. The molecule has 1 saturated heterocycles. The first-order valence-electron chi connectivity index (χ1n) is 8.88. The summed E-state index contributed by atoms with van der Waals surface area (Å²) >= 11 is 0. The monoisotopic (exact) mass is 397 g/mol. The summed E-state index contributed by atoms with van der Waals surface area (Å²) in [5, 5.41) is 14.8. The third-order valence-electron chi connectivity index (χ3n) is 4.20. The number of carbonyl (C=O) groups excluding carboxylic acids is 1. The van der Waals surface area contributed by atoms with Gasteiger partial charge in [0.25, 0.3) is 0 Å². The predicted molar refractivity (Wildman–Crippen MR) is 99.5 cm³/mol. The summed E-state index contributed by atoms with van der Waals surface area (Å²) in [6.07, 6.45) is 1.93. The van der Waals surface area contributed by atoms with Gasteiger partial charge in [0.2, 0.25) is 0 Å². The Morgan fingerprint density at radius 2 is 1.82 bits per heavy atom. The van der Waals surface area contributed by atoms with Crippen LogP contribution in [0.25, 0.3) is 0 Å². The minimum atomic E-state index is -1.82. The highest BCUT2D eigenvalue weighted by Gasteiger charge is 2.27. The lowest BCUT2D eigenvalue weighted by Gasteiger charge is -2.31. The van der Waals surface area contributed by atoms with Crippen LogP contribution < -0.4 is 9.47 Å². The molecule has 1 unspecified atom stereocenters. The van der Waals surface area contributed by atoms with Gasteiger partial charge in [0.1, 0.15) is 11.5 Å². The highest BCUT2D eigenvalue weighted by Crippen LogP contribution is 2.27. The zero-order valence-corrected chi connectivity index (χ0v) is 16.3. The third-order valence-corrected chi connectivity index (χ3v) is 4.20. The van der Waals surface area contributed by atoms with Crippen molar-refractivity contribution in [1.29, 1.82) is 0 Å². The topological polar surface area (TPSA) is 123 Å². The molecule has 28 heavy (non-hydrogen) atoms.